The topological polar surface area (TPSA) is 58.6 Å². The van der Waals surface area contributed by atoms with Gasteiger partial charge in [0.2, 0.25) is 11.8 Å². The fourth-order valence-corrected chi connectivity index (χ4v) is 4.64. The molecule has 2 amide bonds. The zero-order chi connectivity index (χ0) is 25.2. The van der Waals surface area contributed by atoms with Gasteiger partial charge in [-0.15, -0.1) is 0 Å². The molecule has 5 nitrogen and oxygen atoms in total. The van der Waals surface area contributed by atoms with Crippen molar-refractivity contribution >= 4 is 23.4 Å². The number of hydrogen-bond donors (Lipinski definition) is 1. The van der Waals surface area contributed by atoms with Gasteiger partial charge in [0.1, 0.15) is 6.04 Å². The molecule has 0 bridgehead atoms. The van der Waals surface area contributed by atoms with Crippen molar-refractivity contribution in [2.24, 2.45) is 0 Å². The lowest BCUT2D eigenvalue weighted by molar-refractivity contribution is -0.141. The molecule has 1 aliphatic heterocycles. The van der Waals surface area contributed by atoms with Crippen LogP contribution in [0.25, 0.3) is 0 Å². The highest BCUT2D eigenvalue weighted by molar-refractivity contribution is 6.30. The van der Waals surface area contributed by atoms with Crippen molar-refractivity contribution in [1.29, 1.82) is 0 Å². The zero-order valence-corrected chi connectivity index (χ0v) is 21.2. The lowest BCUT2D eigenvalue weighted by Crippen LogP contribution is -2.51. The van der Waals surface area contributed by atoms with Crippen molar-refractivity contribution in [2.75, 3.05) is 13.2 Å². The molecule has 1 N–H and O–H groups in total. The molecule has 1 aliphatic rings. The minimum Gasteiger partial charge on any atom is -0.376 e. The summed E-state index contributed by atoms with van der Waals surface area (Å²) in [7, 11) is 0. The predicted molar refractivity (Wildman–Crippen MR) is 143 cm³/mol. The molecule has 3 aromatic carbocycles. The van der Waals surface area contributed by atoms with Crippen molar-refractivity contribution in [3.05, 3.63) is 107 Å². The molecular weight excluding hydrogens is 472 g/mol. The Hall–Kier alpha value is -3.15. The van der Waals surface area contributed by atoms with Crippen molar-refractivity contribution in [2.45, 2.75) is 50.8 Å². The van der Waals surface area contributed by atoms with Gasteiger partial charge in [-0.1, -0.05) is 84.4 Å². The number of nitrogens with zero attached hydrogens (tertiary/aromatic N) is 1. The van der Waals surface area contributed by atoms with Gasteiger partial charge in [-0.25, -0.2) is 0 Å². The zero-order valence-electron chi connectivity index (χ0n) is 20.4. The molecule has 0 aliphatic carbocycles. The number of aryl methyl sites for hydroxylation is 1. The number of halogens is 1. The van der Waals surface area contributed by atoms with E-state index < -0.39 is 6.04 Å². The molecule has 0 unspecified atom stereocenters. The molecule has 0 spiro atoms. The Bertz CT molecular complexity index is 1100. The molecule has 0 saturated carbocycles. The molecule has 4 rings (SSSR count). The van der Waals surface area contributed by atoms with Crippen LogP contribution in [0.3, 0.4) is 0 Å². The molecular formula is C30H33ClN2O3. The monoisotopic (exact) mass is 504 g/mol. The van der Waals surface area contributed by atoms with E-state index in [9.17, 15) is 9.59 Å². The highest BCUT2D eigenvalue weighted by Crippen LogP contribution is 2.19. The highest BCUT2D eigenvalue weighted by atomic mass is 35.5. The van der Waals surface area contributed by atoms with Gasteiger partial charge in [-0.3, -0.25) is 9.59 Å². The molecule has 2 atom stereocenters. The van der Waals surface area contributed by atoms with Gasteiger partial charge >= 0.3 is 0 Å². The maximum absolute atomic E-state index is 13.7. The van der Waals surface area contributed by atoms with E-state index in [1.54, 1.807) is 4.90 Å². The van der Waals surface area contributed by atoms with Crippen LogP contribution in [0.15, 0.2) is 84.9 Å². The summed E-state index contributed by atoms with van der Waals surface area (Å²) in [5.41, 5.74) is 3.03. The Balaban J connectivity index is 1.57. The van der Waals surface area contributed by atoms with Crippen LogP contribution in [0.1, 0.15) is 36.0 Å². The van der Waals surface area contributed by atoms with Crippen LogP contribution in [-0.4, -0.2) is 42.0 Å². The Morgan fingerprint density at radius 2 is 1.58 bits per heavy atom. The minimum absolute atomic E-state index is 0.0322. The SMILES string of the molecule is O=C(NC[C@@H]1CCCO1)[C@@H](Cc1ccccc1)N(Cc1ccc(Cl)cc1)C(=O)CCc1ccccc1. The van der Waals surface area contributed by atoms with Gasteiger partial charge in [-0.05, 0) is 48.1 Å². The summed E-state index contributed by atoms with van der Waals surface area (Å²) >= 11 is 6.10. The normalized spacial score (nSPS) is 15.9. The van der Waals surface area contributed by atoms with Crippen molar-refractivity contribution < 1.29 is 14.3 Å². The van der Waals surface area contributed by atoms with Crippen LogP contribution < -0.4 is 5.32 Å². The molecule has 1 saturated heterocycles. The third-order valence-corrected chi connectivity index (χ3v) is 6.79. The number of nitrogens with one attached hydrogen (secondary N) is 1. The second-order valence-corrected chi connectivity index (χ2v) is 9.66. The Morgan fingerprint density at radius 3 is 2.22 bits per heavy atom. The van der Waals surface area contributed by atoms with E-state index in [1.165, 1.54) is 0 Å². The standard InChI is InChI=1S/C30H33ClN2O3/c31-26-16-13-25(14-17-26)22-33(29(34)18-15-23-8-3-1-4-9-23)28(20-24-10-5-2-6-11-24)30(35)32-21-27-12-7-19-36-27/h1-6,8-11,13-14,16-17,27-28H,7,12,15,18-22H2,(H,32,35)/t27-,28+/m0/s1. The first-order valence-electron chi connectivity index (χ1n) is 12.6. The van der Waals surface area contributed by atoms with Crippen molar-refractivity contribution in [1.82, 2.24) is 10.2 Å². The van der Waals surface area contributed by atoms with Gasteiger partial charge in [-0.2, -0.15) is 0 Å². The van der Waals surface area contributed by atoms with Gasteiger partial charge in [0.25, 0.3) is 0 Å². The number of rotatable bonds is 11. The maximum atomic E-state index is 13.7. The molecule has 0 aromatic heterocycles. The number of hydrogen-bond acceptors (Lipinski definition) is 3. The van der Waals surface area contributed by atoms with Crippen LogP contribution >= 0.6 is 11.6 Å². The lowest BCUT2D eigenvalue weighted by atomic mass is 10.0. The van der Waals surface area contributed by atoms with Crippen LogP contribution in [0.4, 0.5) is 0 Å². The van der Waals surface area contributed by atoms with Crippen molar-refractivity contribution in [3.8, 4) is 0 Å². The minimum atomic E-state index is -0.646. The summed E-state index contributed by atoms with van der Waals surface area (Å²) < 4.78 is 5.70. The fraction of sp³-hybridized carbons (Fsp3) is 0.333. The number of carbonyl (C=O) groups is 2. The van der Waals surface area contributed by atoms with Crippen LogP contribution in [0.2, 0.25) is 5.02 Å². The Morgan fingerprint density at radius 1 is 0.917 bits per heavy atom. The van der Waals surface area contributed by atoms with E-state index in [1.807, 2.05) is 84.9 Å². The van der Waals surface area contributed by atoms with E-state index in [2.05, 4.69) is 5.32 Å². The first-order valence-corrected chi connectivity index (χ1v) is 13.0. The Labute approximate surface area is 218 Å². The second-order valence-electron chi connectivity index (χ2n) is 9.22. The number of amides is 2. The predicted octanol–water partition coefficient (Wildman–Crippen LogP) is 5.21. The summed E-state index contributed by atoms with van der Waals surface area (Å²) in [4.78, 5) is 29.0. The summed E-state index contributed by atoms with van der Waals surface area (Å²) in [5, 5.41) is 3.71. The smallest absolute Gasteiger partial charge is 0.243 e. The first kappa shape index (κ1) is 25.9. The lowest BCUT2D eigenvalue weighted by Gasteiger charge is -2.32. The number of ether oxygens (including phenoxy) is 1. The van der Waals surface area contributed by atoms with E-state index in [4.69, 9.17) is 16.3 Å². The second kappa shape index (κ2) is 13.2. The van der Waals surface area contributed by atoms with Crippen LogP contribution in [-0.2, 0) is 33.7 Å². The van der Waals surface area contributed by atoms with Crippen molar-refractivity contribution in [3.63, 3.8) is 0 Å². The molecule has 1 fully saturated rings. The summed E-state index contributed by atoms with van der Waals surface area (Å²) in [6.07, 6.45) is 3.35. The summed E-state index contributed by atoms with van der Waals surface area (Å²) in [6.45, 7) is 1.52. The average Bonchev–Trinajstić information content (AvgIpc) is 3.44. The molecule has 188 valence electrons. The quantitative estimate of drug-likeness (QED) is 0.390. The fourth-order valence-electron chi connectivity index (χ4n) is 4.52. The van der Waals surface area contributed by atoms with E-state index in [-0.39, 0.29) is 17.9 Å². The molecule has 6 heteroatoms. The van der Waals surface area contributed by atoms with Crippen LogP contribution in [0.5, 0.6) is 0 Å². The van der Waals surface area contributed by atoms with Gasteiger partial charge in [0, 0.05) is 37.6 Å². The number of benzene rings is 3. The third-order valence-electron chi connectivity index (χ3n) is 6.54. The molecule has 0 radical (unpaired) electrons. The summed E-state index contributed by atoms with van der Waals surface area (Å²) in [5.74, 6) is -0.210. The first-order chi connectivity index (χ1) is 17.6. The largest absolute Gasteiger partial charge is 0.376 e. The maximum Gasteiger partial charge on any atom is 0.243 e. The number of carbonyl (C=O) groups excluding carboxylic acids is 2. The van der Waals surface area contributed by atoms with Gasteiger partial charge in [0.15, 0.2) is 0 Å². The van der Waals surface area contributed by atoms with E-state index >= 15 is 0 Å². The Kier molecular flexibility index (Phi) is 9.54. The molecule has 3 aromatic rings. The average molecular weight is 505 g/mol. The van der Waals surface area contributed by atoms with E-state index in [0.717, 1.165) is 36.1 Å². The third kappa shape index (κ3) is 7.67. The molecule has 36 heavy (non-hydrogen) atoms. The van der Waals surface area contributed by atoms with Gasteiger partial charge in [0.05, 0.1) is 6.10 Å². The van der Waals surface area contributed by atoms with Crippen LogP contribution in [0, 0.1) is 0 Å². The molecule has 1 heterocycles. The highest BCUT2D eigenvalue weighted by Gasteiger charge is 2.31. The summed E-state index contributed by atoms with van der Waals surface area (Å²) in [6, 6.07) is 26.6. The van der Waals surface area contributed by atoms with E-state index in [0.29, 0.717) is 37.4 Å². The van der Waals surface area contributed by atoms with Gasteiger partial charge < -0.3 is 15.0 Å².